The summed E-state index contributed by atoms with van der Waals surface area (Å²) in [7, 11) is 0. The van der Waals surface area contributed by atoms with Gasteiger partial charge in [-0.15, -0.1) is 0 Å². The molecule has 0 spiro atoms. The number of Topliss-reactive ketones (excluding diaryl/α,β-unsaturated/α-hetero) is 1. The van der Waals surface area contributed by atoms with Crippen LogP contribution in [-0.4, -0.2) is 28.8 Å². The Morgan fingerprint density at radius 3 is 2.57 bits per heavy atom. The SMILES string of the molecule is CCN(CC(C)=O)Cc1ccncc1. The number of pyridine rings is 1. The van der Waals surface area contributed by atoms with E-state index in [0.717, 1.165) is 13.1 Å². The molecule has 1 aromatic heterocycles. The molecule has 76 valence electrons. The second kappa shape index (κ2) is 5.50. The predicted octanol–water partition coefficient (Wildman–Crippen LogP) is 1.49. The van der Waals surface area contributed by atoms with Crippen molar-refractivity contribution in [1.82, 2.24) is 9.88 Å². The monoisotopic (exact) mass is 192 g/mol. The highest BCUT2D eigenvalue weighted by atomic mass is 16.1. The molecule has 0 fully saturated rings. The zero-order valence-electron chi connectivity index (χ0n) is 8.73. The molecule has 0 saturated heterocycles. The van der Waals surface area contributed by atoms with Gasteiger partial charge in [0.05, 0.1) is 6.54 Å². The van der Waals surface area contributed by atoms with Gasteiger partial charge in [-0.1, -0.05) is 6.92 Å². The maximum atomic E-state index is 10.9. The van der Waals surface area contributed by atoms with E-state index in [2.05, 4.69) is 16.8 Å². The standard InChI is InChI=1S/C11H16N2O/c1-3-13(8-10(2)14)9-11-4-6-12-7-5-11/h4-7H,3,8-9H2,1-2H3. The van der Waals surface area contributed by atoms with E-state index in [1.165, 1.54) is 5.56 Å². The molecular weight excluding hydrogens is 176 g/mol. The maximum Gasteiger partial charge on any atom is 0.143 e. The lowest BCUT2D eigenvalue weighted by Crippen LogP contribution is -2.27. The number of rotatable bonds is 5. The van der Waals surface area contributed by atoms with E-state index in [1.807, 2.05) is 12.1 Å². The van der Waals surface area contributed by atoms with Gasteiger partial charge in [-0.2, -0.15) is 0 Å². The molecule has 0 aliphatic rings. The van der Waals surface area contributed by atoms with Crippen LogP contribution in [0.2, 0.25) is 0 Å². The summed E-state index contributed by atoms with van der Waals surface area (Å²) in [5.74, 6) is 0.209. The molecule has 3 nitrogen and oxygen atoms in total. The van der Waals surface area contributed by atoms with Gasteiger partial charge in [0.1, 0.15) is 5.78 Å². The number of aromatic nitrogens is 1. The molecule has 14 heavy (non-hydrogen) atoms. The van der Waals surface area contributed by atoms with E-state index in [4.69, 9.17) is 0 Å². The highest BCUT2D eigenvalue weighted by Gasteiger charge is 2.05. The third-order valence-electron chi connectivity index (χ3n) is 2.05. The van der Waals surface area contributed by atoms with Crippen molar-refractivity contribution in [3.8, 4) is 0 Å². The van der Waals surface area contributed by atoms with Gasteiger partial charge in [0, 0.05) is 18.9 Å². The minimum Gasteiger partial charge on any atom is -0.299 e. The summed E-state index contributed by atoms with van der Waals surface area (Å²) >= 11 is 0. The molecule has 0 radical (unpaired) electrons. The third-order valence-corrected chi connectivity index (χ3v) is 2.05. The fourth-order valence-electron chi connectivity index (χ4n) is 1.34. The first-order chi connectivity index (χ1) is 6.72. The van der Waals surface area contributed by atoms with Crippen LogP contribution in [0.5, 0.6) is 0 Å². The molecule has 0 amide bonds. The Hall–Kier alpha value is -1.22. The van der Waals surface area contributed by atoms with Gasteiger partial charge in [-0.25, -0.2) is 0 Å². The van der Waals surface area contributed by atoms with Gasteiger partial charge >= 0.3 is 0 Å². The van der Waals surface area contributed by atoms with Crippen LogP contribution in [0.1, 0.15) is 19.4 Å². The van der Waals surface area contributed by atoms with E-state index in [0.29, 0.717) is 6.54 Å². The zero-order chi connectivity index (χ0) is 10.4. The van der Waals surface area contributed by atoms with Crippen molar-refractivity contribution in [2.45, 2.75) is 20.4 Å². The van der Waals surface area contributed by atoms with Gasteiger partial charge in [0.2, 0.25) is 0 Å². The topological polar surface area (TPSA) is 33.2 Å². The highest BCUT2D eigenvalue weighted by molar-refractivity contribution is 5.77. The summed E-state index contributed by atoms with van der Waals surface area (Å²) in [5.41, 5.74) is 1.20. The van der Waals surface area contributed by atoms with Gasteiger partial charge in [-0.3, -0.25) is 14.7 Å². The van der Waals surface area contributed by atoms with Crippen LogP contribution in [-0.2, 0) is 11.3 Å². The number of carbonyl (C=O) groups is 1. The summed E-state index contributed by atoms with van der Waals surface area (Å²) in [6, 6.07) is 3.95. The Balaban J connectivity index is 2.53. The predicted molar refractivity (Wildman–Crippen MR) is 55.9 cm³/mol. The van der Waals surface area contributed by atoms with Crippen molar-refractivity contribution >= 4 is 5.78 Å². The average molecular weight is 192 g/mol. The molecule has 1 aromatic rings. The zero-order valence-corrected chi connectivity index (χ0v) is 8.73. The van der Waals surface area contributed by atoms with E-state index >= 15 is 0 Å². The number of carbonyl (C=O) groups excluding carboxylic acids is 1. The molecule has 0 atom stereocenters. The van der Waals surface area contributed by atoms with Crippen LogP contribution >= 0.6 is 0 Å². The van der Waals surface area contributed by atoms with Crippen molar-refractivity contribution in [3.63, 3.8) is 0 Å². The highest BCUT2D eigenvalue weighted by Crippen LogP contribution is 2.02. The summed E-state index contributed by atoms with van der Waals surface area (Å²) in [5, 5.41) is 0. The van der Waals surface area contributed by atoms with E-state index in [9.17, 15) is 4.79 Å². The van der Waals surface area contributed by atoms with E-state index < -0.39 is 0 Å². The molecule has 3 heteroatoms. The van der Waals surface area contributed by atoms with Crippen LogP contribution in [0.3, 0.4) is 0 Å². The first-order valence-electron chi connectivity index (χ1n) is 4.83. The second-order valence-corrected chi connectivity index (χ2v) is 3.36. The van der Waals surface area contributed by atoms with Gasteiger partial charge in [0.15, 0.2) is 0 Å². The third kappa shape index (κ3) is 3.66. The smallest absolute Gasteiger partial charge is 0.143 e. The van der Waals surface area contributed by atoms with Gasteiger partial charge in [0.25, 0.3) is 0 Å². The van der Waals surface area contributed by atoms with Crippen molar-refractivity contribution < 1.29 is 4.79 Å². The number of likely N-dealkylation sites (N-methyl/N-ethyl adjacent to an activating group) is 1. The lowest BCUT2D eigenvalue weighted by Gasteiger charge is -2.18. The average Bonchev–Trinajstić information content (AvgIpc) is 2.17. The number of hydrogen-bond donors (Lipinski definition) is 0. The minimum absolute atomic E-state index is 0.209. The Morgan fingerprint density at radius 2 is 2.07 bits per heavy atom. The first-order valence-corrected chi connectivity index (χ1v) is 4.83. The molecular formula is C11H16N2O. The van der Waals surface area contributed by atoms with E-state index in [1.54, 1.807) is 19.3 Å². The van der Waals surface area contributed by atoms with Crippen molar-refractivity contribution in [2.24, 2.45) is 0 Å². The number of nitrogens with zero attached hydrogens (tertiary/aromatic N) is 2. The fraction of sp³-hybridized carbons (Fsp3) is 0.455. The first kappa shape index (κ1) is 10.9. The normalized spacial score (nSPS) is 10.5. The Labute approximate surface area is 84.8 Å². The van der Waals surface area contributed by atoms with Gasteiger partial charge in [-0.05, 0) is 31.2 Å². The molecule has 0 aliphatic carbocycles. The number of ketones is 1. The van der Waals surface area contributed by atoms with E-state index in [-0.39, 0.29) is 5.78 Å². The fourth-order valence-corrected chi connectivity index (χ4v) is 1.34. The lowest BCUT2D eigenvalue weighted by atomic mass is 10.2. The second-order valence-electron chi connectivity index (χ2n) is 3.36. The molecule has 0 N–H and O–H groups in total. The summed E-state index contributed by atoms with van der Waals surface area (Å²) in [6.45, 7) is 5.92. The van der Waals surface area contributed by atoms with Crippen molar-refractivity contribution in [2.75, 3.05) is 13.1 Å². The molecule has 0 saturated carbocycles. The Morgan fingerprint density at radius 1 is 1.43 bits per heavy atom. The van der Waals surface area contributed by atoms with Gasteiger partial charge < -0.3 is 0 Å². The summed E-state index contributed by atoms with van der Waals surface area (Å²) in [4.78, 5) is 17.0. The van der Waals surface area contributed by atoms with Crippen LogP contribution < -0.4 is 0 Å². The minimum atomic E-state index is 0.209. The van der Waals surface area contributed by atoms with Crippen LogP contribution in [0.4, 0.5) is 0 Å². The number of hydrogen-bond acceptors (Lipinski definition) is 3. The Kier molecular flexibility index (Phi) is 4.26. The largest absolute Gasteiger partial charge is 0.299 e. The summed E-state index contributed by atoms with van der Waals surface area (Å²) in [6.07, 6.45) is 3.55. The van der Waals surface area contributed by atoms with Crippen LogP contribution in [0.15, 0.2) is 24.5 Å². The molecule has 1 heterocycles. The lowest BCUT2D eigenvalue weighted by molar-refractivity contribution is -0.118. The van der Waals surface area contributed by atoms with Crippen LogP contribution in [0, 0.1) is 0 Å². The molecule has 0 aromatic carbocycles. The summed E-state index contributed by atoms with van der Waals surface area (Å²) < 4.78 is 0. The quantitative estimate of drug-likeness (QED) is 0.708. The Bertz CT molecular complexity index is 285. The molecule has 1 rings (SSSR count). The molecule has 0 bridgehead atoms. The van der Waals surface area contributed by atoms with Crippen molar-refractivity contribution in [1.29, 1.82) is 0 Å². The van der Waals surface area contributed by atoms with Crippen LogP contribution in [0.25, 0.3) is 0 Å². The maximum absolute atomic E-state index is 10.9. The molecule has 0 aliphatic heterocycles. The van der Waals surface area contributed by atoms with Crippen molar-refractivity contribution in [3.05, 3.63) is 30.1 Å². The molecule has 0 unspecified atom stereocenters.